The van der Waals surface area contributed by atoms with E-state index in [1.807, 2.05) is 0 Å². The van der Waals surface area contributed by atoms with Gasteiger partial charge in [0, 0.05) is 6.54 Å². The van der Waals surface area contributed by atoms with Crippen LogP contribution in [0.4, 0.5) is 11.4 Å². The van der Waals surface area contributed by atoms with Gasteiger partial charge in [-0.3, -0.25) is 19.3 Å². The van der Waals surface area contributed by atoms with Crippen molar-refractivity contribution in [1.82, 2.24) is 4.90 Å². The minimum atomic E-state index is -0.701. The highest BCUT2D eigenvalue weighted by molar-refractivity contribution is 6.39. The predicted octanol–water partition coefficient (Wildman–Crippen LogP) is 3.59. The molecule has 0 radical (unpaired) electrons. The zero-order chi connectivity index (χ0) is 21.8. The maximum absolute atomic E-state index is 12.9. The van der Waals surface area contributed by atoms with E-state index in [9.17, 15) is 14.4 Å². The molecule has 3 rings (SSSR count). The molecule has 9 heteroatoms. The summed E-state index contributed by atoms with van der Waals surface area (Å²) < 4.78 is 5.59. The van der Waals surface area contributed by atoms with Crippen LogP contribution in [0.3, 0.4) is 0 Å². The smallest absolute Gasteiger partial charge is 0.268 e. The molecule has 1 aliphatic heterocycles. The van der Waals surface area contributed by atoms with Gasteiger partial charge in [-0.1, -0.05) is 41.4 Å². The maximum Gasteiger partial charge on any atom is 0.268 e. The molecule has 0 unspecified atom stereocenters. The number of fused-ring (bicyclic) bond motifs is 1. The fourth-order valence-corrected chi connectivity index (χ4v) is 3.59. The van der Waals surface area contributed by atoms with Crippen LogP contribution in [0.5, 0.6) is 5.75 Å². The lowest BCUT2D eigenvalue weighted by Gasteiger charge is -2.33. The van der Waals surface area contributed by atoms with Gasteiger partial charge in [0.1, 0.15) is 12.3 Å². The van der Waals surface area contributed by atoms with E-state index in [0.717, 1.165) is 0 Å². The summed E-state index contributed by atoms with van der Waals surface area (Å²) in [5.74, 6) is -0.589. The number of rotatable bonds is 6. The predicted molar refractivity (Wildman–Crippen MR) is 116 cm³/mol. The molecule has 2 aromatic carbocycles. The highest BCUT2D eigenvalue weighted by atomic mass is 35.5. The van der Waals surface area contributed by atoms with Crippen molar-refractivity contribution < 1.29 is 19.1 Å². The first-order valence-electron chi connectivity index (χ1n) is 9.40. The van der Waals surface area contributed by atoms with Gasteiger partial charge in [-0.15, -0.1) is 0 Å². The number of nitrogens with zero attached hydrogens (tertiary/aromatic N) is 2. The van der Waals surface area contributed by atoms with Gasteiger partial charge in [-0.05, 0) is 38.1 Å². The lowest BCUT2D eigenvalue weighted by atomic mass is 10.2. The van der Waals surface area contributed by atoms with Crippen LogP contribution in [0.15, 0.2) is 42.5 Å². The van der Waals surface area contributed by atoms with E-state index < -0.39 is 12.0 Å². The van der Waals surface area contributed by atoms with Crippen LogP contribution < -0.4 is 15.0 Å². The largest absolute Gasteiger partial charge is 0.479 e. The monoisotopic (exact) mass is 449 g/mol. The van der Waals surface area contributed by atoms with E-state index in [1.165, 1.54) is 9.80 Å². The average Bonchev–Trinajstić information content (AvgIpc) is 2.72. The van der Waals surface area contributed by atoms with E-state index in [-0.39, 0.29) is 31.4 Å². The Morgan fingerprint density at radius 2 is 1.80 bits per heavy atom. The van der Waals surface area contributed by atoms with Crippen LogP contribution in [-0.4, -0.2) is 48.4 Å². The first kappa shape index (κ1) is 21.9. The highest BCUT2D eigenvalue weighted by Crippen LogP contribution is 2.33. The van der Waals surface area contributed by atoms with Gasteiger partial charge in [0.2, 0.25) is 11.8 Å². The number of ether oxygens (including phenoxy) is 1. The first-order valence-corrected chi connectivity index (χ1v) is 10.2. The Balaban J connectivity index is 1.71. The number of para-hydroxylation sites is 3. The molecule has 30 heavy (non-hydrogen) atoms. The van der Waals surface area contributed by atoms with Crippen molar-refractivity contribution in [2.24, 2.45) is 0 Å². The van der Waals surface area contributed by atoms with Crippen molar-refractivity contribution in [3.63, 3.8) is 0 Å². The molecule has 1 N–H and O–H groups in total. The van der Waals surface area contributed by atoms with Gasteiger partial charge in [0.05, 0.1) is 28.0 Å². The second kappa shape index (κ2) is 9.36. The first-order chi connectivity index (χ1) is 14.3. The Morgan fingerprint density at radius 3 is 2.47 bits per heavy atom. The van der Waals surface area contributed by atoms with E-state index in [4.69, 9.17) is 27.9 Å². The van der Waals surface area contributed by atoms with Crippen molar-refractivity contribution in [1.29, 1.82) is 0 Å². The van der Waals surface area contributed by atoms with Gasteiger partial charge >= 0.3 is 0 Å². The number of hydrogen-bond donors (Lipinski definition) is 1. The third-order valence-electron chi connectivity index (χ3n) is 4.66. The summed E-state index contributed by atoms with van der Waals surface area (Å²) in [6, 6.07) is 11.9. The number of halogens is 2. The summed E-state index contributed by atoms with van der Waals surface area (Å²) in [5.41, 5.74) is 0.817. The molecule has 0 aromatic heterocycles. The van der Waals surface area contributed by atoms with Gasteiger partial charge in [0.15, 0.2) is 6.10 Å². The van der Waals surface area contributed by atoms with Crippen molar-refractivity contribution in [2.75, 3.05) is 29.9 Å². The topological polar surface area (TPSA) is 79.0 Å². The number of carbonyl (C=O) groups is 3. The molecule has 1 heterocycles. The number of nitrogens with one attached hydrogen (secondary N) is 1. The number of amides is 3. The molecule has 2 aromatic rings. The Morgan fingerprint density at radius 1 is 1.13 bits per heavy atom. The van der Waals surface area contributed by atoms with Crippen LogP contribution in [0.1, 0.15) is 13.8 Å². The van der Waals surface area contributed by atoms with Gasteiger partial charge in [-0.2, -0.15) is 0 Å². The van der Waals surface area contributed by atoms with Gasteiger partial charge in [-0.25, -0.2) is 0 Å². The minimum absolute atomic E-state index is 0.197. The summed E-state index contributed by atoms with van der Waals surface area (Å²) in [5, 5.41) is 3.24. The molecule has 0 bridgehead atoms. The summed E-state index contributed by atoms with van der Waals surface area (Å²) in [6.07, 6.45) is -0.701. The fourth-order valence-electron chi connectivity index (χ4n) is 3.10. The lowest BCUT2D eigenvalue weighted by Crippen LogP contribution is -2.50. The fraction of sp³-hybridized carbons (Fsp3) is 0.286. The van der Waals surface area contributed by atoms with Crippen LogP contribution in [0.25, 0.3) is 0 Å². The van der Waals surface area contributed by atoms with Gasteiger partial charge in [0.25, 0.3) is 5.91 Å². The van der Waals surface area contributed by atoms with E-state index in [1.54, 1.807) is 56.3 Å². The molecule has 1 aliphatic rings. The Labute approximate surface area is 184 Å². The minimum Gasteiger partial charge on any atom is -0.479 e. The molecule has 3 amide bonds. The molecule has 158 valence electrons. The summed E-state index contributed by atoms with van der Waals surface area (Å²) in [4.78, 5) is 40.7. The third-order valence-corrected chi connectivity index (χ3v) is 5.29. The lowest BCUT2D eigenvalue weighted by molar-refractivity contribution is -0.135. The second-order valence-corrected chi connectivity index (χ2v) is 7.52. The second-order valence-electron chi connectivity index (χ2n) is 6.70. The quantitative estimate of drug-likeness (QED) is 0.730. The molecule has 0 aliphatic carbocycles. The molecule has 7 nitrogen and oxygen atoms in total. The highest BCUT2D eigenvalue weighted by Gasteiger charge is 2.33. The Hall–Kier alpha value is -2.77. The molecule has 0 spiro atoms. The maximum atomic E-state index is 12.9. The molecule has 0 saturated carbocycles. The number of hydrogen-bond acceptors (Lipinski definition) is 4. The third kappa shape index (κ3) is 4.68. The molecular weight excluding hydrogens is 429 g/mol. The Kier molecular flexibility index (Phi) is 6.84. The standard InChI is InChI=1S/C21H21Cl2N3O4/c1-3-25(11-18(27)24-20-14(22)7-6-8-15(20)23)19(28)12-26-16-9-4-5-10-17(16)30-13(2)21(26)29/h4-10,13H,3,11-12H2,1-2H3,(H,24,27)/t13-/m1/s1. The van der Waals surface area contributed by atoms with Crippen molar-refractivity contribution in [2.45, 2.75) is 20.0 Å². The van der Waals surface area contributed by atoms with Crippen molar-refractivity contribution >= 4 is 52.3 Å². The SMILES string of the molecule is CCN(CC(=O)Nc1c(Cl)cccc1Cl)C(=O)CN1C(=O)[C@@H](C)Oc2ccccc21. The Bertz CT molecular complexity index is 962. The van der Waals surface area contributed by atoms with Crippen molar-refractivity contribution in [3.8, 4) is 5.75 Å². The molecular formula is C21H21Cl2N3O4. The zero-order valence-electron chi connectivity index (χ0n) is 16.5. The van der Waals surface area contributed by atoms with Crippen LogP contribution in [-0.2, 0) is 14.4 Å². The van der Waals surface area contributed by atoms with E-state index in [2.05, 4.69) is 5.32 Å². The number of anilines is 2. The number of likely N-dealkylation sites (N-methyl/N-ethyl adjacent to an activating group) is 1. The van der Waals surface area contributed by atoms with E-state index in [0.29, 0.717) is 27.2 Å². The number of carbonyl (C=O) groups excluding carboxylic acids is 3. The average molecular weight is 450 g/mol. The number of benzene rings is 2. The summed E-state index contributed by atoms with van der Waals surface area (Å²) >= 11 is 12.2. The van der Waals surface area contributed by atoms with E-state index >= 15 is 0 Å². The zero-order valence-corrected chi connectivity index (χ0v) is 18.0. The van der Waals surface area contributed by atoms with Crippen LogP contribution in [0.2, 0.25) is 10.0 Å². The molecule has 0 fully saturated rings. The van der Waals surface area contributed by atoms with Crippen LogP contribution in [0, 0.1) is 0 Å². The normalized spacial score (nSPS) is 15.3. The molecule has 1 atom stereocenters. The molecule has 0 saturated heterocycles. The summed E-state index contributed by atoms with van der Waals surface area (Å²) in [7, 11) is 0. The summed E-state index contributed by atoms with van der Waals surface area (Å²) in [6.45, 7) is 3.28. The van der Waals surface area contributed by atoms with Crippen molar-refractivity contribution in [3.05, 3.63) is 52.5 Å². The van der Waals surface area contributed by atoms with Gasteiger partial charge < -0.3 is 15.0 Å². The van der Waals surface area contributed by atoms with Crippen LogP contribution >= 0.6 is 23.2 Å².